The molecule has 0 saturated heterocycles. The molecule has 2 aromatic carbocycles. The van der Waals surface area contributed by atoms with Crippen molar-refractivity contribution >= 4 is 5.97 Å². The highest BCUT2D eigenvalue weighted by Gasteiger charge is 2.29. The van der Waals surface area contributed by atoms with E-state index in [1.807, 2.05) is 60.7 Å². The number of carboxylic acids is 1. The molecule has 0 heterocycles. The van der Waals surface area contributed by atoms with E-state index in [-0.39, 0.29) is 12.0 Å². The smallest absolute Gasteiger partial charge is 0.321 e. The van der Waals surface area contributed by atoms with Crippen LogP contribution in [0.4, 0.5) is 0 Å². The van der Waals surface area contributed by atoms with Crippen molar-refractivity contribution < 1.29 is 9.90 Å². The van der Waals surface area contributed by atoms with E-state index in [1.165, 1.54) is 0 Å². The molecule has 3 heteroatoms. The SMILES string of the molecule is C=C[C@@H](CCCCC)[C@@H](NC(c1ccccc1)c1ccccc1)C(=O)O. The third-order valence-corrected chi connectivity index (χ3v) is 4.75. The summed E-state index contributed by atoms with van der Waals surface area (Å²) >= 11 is 0. The molecule has 2 rings (SSSR count). The lowest BCUT2D eigenvalue weighted by Crippen LogP contribution is -2.44. The van der Waals surface area contributed by atoms with E-state index in [1.54, 1.807) is 6.08 Å². The van der Waals surface area contributed by atoms with Crippen molar-refractivity contribution in [2.24, 2.45) is 5.92 Å². The van der Waals surface area contributed by atoms with Crippen molar-refractivity contribution in [3.8, 4) is 0 Å². The van der Waals surface area contributed by atoms with E-state index < -0.39 is 12.0 Å². The second-order valence-corrected chi connectivity index (χ2v) is 6.63. The van der Waals surface area contributed by atoms with Crippen LogP contribution < -0.4 is 5.32 Å². The Labute approximate surface area is 156 Å². The molecule has 3 nitrogen and oxygen atoms in total. The Morgan fingerprint density at radius 2 is 1.58 bits per heavy atom. The monoisotopic (exact) mass is 351 g/mol. The van der Waals surface area contributed by atoms with Crippen LogP contribution in [0.3, 0.4) is 0 Å². The molecule has 0 radical (unpaired) electrons. The van der Waals surface area contributed by atoms with Crippen LogP contribution in [0, 0.1) is 5.92 Å². The minimum Gasteiger partial charge on any atom is -0.480 e. The van der Waals surface area contributed by atoms with E-state index in [9.17, 15) is 9.90 Å². The first-order chi connectivity index (χ1) is 12.7. The topological polar surface area (TPSA) is 49.3 Å². The summed E-state index contributed by atoms with van der Waals surface area (Å²) in [4.78, 5) is 12.0. The first-order valence-corrected chi connectivity index (χ1v) is 9.38. The highest BCUT2D eigenvalue weighted by Crippen LogP contribution is 2.25. The van der Waals surface area contributed by atoms with Gasteiger partial charge >= 0.3 is 5.97 Å². The van der Waals surface area contributed by atoms with Crippen LogP contribution >= 0.6 is 0 Å². The molecule has 0 saturated carbocycles. The third-order valence-electron chi connectivity index (χ3n) is 4.75. The van der Waals surface area contributed by atoms with E-state index >= 15 is 0 Å². The Balaban J connectivity index is 2.28. The predicted octanol–water partition coefficient (Wildman–Crippen LogP) is 5.20. The Morgan fingerprint density at radius 1 is 1.04 bits per heavy atom. The van der Waals surface area contributed by atoms with Gasteiger partial charge < -0.3 is 5.11 Å². The van der Waals surface area contributed by atoms with E-state index in [2.05, 4.69) is 18.8 Å². The lowest BCUT2D eigenvalue weighted by molar-refractivity contribution is -0.140. The number of hydrogen-bond acceptors (Lipinski definition) is 2. The number of rotatable bonds is 11. The molecule has 0 aromatic heterocycles. The minimum atomic E-state index is -0.830. The summed E-state index contributed by atoms with van der Waals surface area (Å²) in [5.74, 6) is -0.933. The number of unbranched alkanes of at least 4 members (excludes halogenated alkanes) is 2. The number of carboxylic acid groups (broad SMARTS) is 1. The molecule has 2 atom stereocenters. The van der Waals surface area contributed by atoms with Crippen LogP contribution in [0.2, 0.25) is 0 Å². The van der Waals surface area contributed by atoms with E-state index in [0.717, 1.165) is 36.8 Å². The molecule has 0 unspecified atom stereocenters. The van der Waals surface area contributed by atoms with Crippen LogP contribution in [0.5, 0.6) is 0 Å². The van der Waals surface area contributed by atoms with Gasteiger partial charge in [-0.05, 0) is 17.5 Å². The summed E-state index contributed by atoms with van der Waals surface area (Å²) in [6.07, 6.45) is 5.86. The first kappa shape index (κ1) is 19.9. The summed E-state index contributed by atoms with van der Waals surface area (Å²) in [7, 11) is 0. The molecule has 2 N–H and O–H groups in total. The zero-order valence-electron chi connectivity index (χ0n) is 15.5. The molecular weight excluding hydrogens is 322 g/mol. The van der Waals surface area contributed by atoms with Gasteiger partial charge in [-0.25, -0.2) is 0 Å². The van der Waals surface area contributed by atoms with Crippen molar-refractivity contribution in [1.29, 1.82) is 0 Å². The standard InChI is InChI=1S/C23H29NO2/c1-3-5-8-13-18(4-2)22(23(25)26)24-21(19-14-9-6-10-15-19)20-16-11-7-12-17-20/h4,6-7,9-12,14-18,21-22,24H,2-3,5,8,13H2,1H3,(H,25,26)/t18-,22+/m0/s1. The Bertz CT molecular complexity index is 630. The lowest BCUT2D eigenvalue weighted by Gasteiger charge is -2.28. The fourth-order valence-corrected chi connectivity index (χ4v) is 3.28. The van der Waals surface area contributed by atoms with Gasteiger partial charge in [-0.15, -0.1) is 6.58 Å². The maximum absolute atomic E-state index is 12.0. The average molecular weight is 351 g/mol. The zero-order chi connectivity index (χ0) is 18.8. The van der Waals surface area contributed by atoms with Crippen LogP contribution in [-0.4, -0.2) is 17.1 Å². The first-order valence-electron chi connectivity index (χ1n) is 9.38. The van der Waals surface area contributed by atoms with Gasteiger partial charge in [0.25, 0.3) is 0 Å². The van der Waals surface area contributed by atoms with Crippen LogP contribution in [-0.2, 0) is 4.79 Å². The number of hydrogen-bond donors (Lipinski definition) is 2. The summed E-state index contributed by atoms with van der Waals surface area (Å²) in [5.41, 5.74) is 2.11. The Morgan fingerprint density at radius 3 is 2.00 bits per heavy atom. The summed E-state index contributed by atoms with van der Waals surface area (Å²) < 4.78 is 0. The average Bonchev–Trinajstić information content (AvgIpc) is 2.68. The molecule has 0 fully saturated rings. The number of benzene rings is 2. The fraction of sp³-hybridized carbons (Fsp3) is 0.348. The fourth-order valence-electron chi connectivity index (χ4n) is 3.28. The van der Waals surface area contributed by atoms with Crippen molar-refractivity contribution in [3.63, 3.8) is 0 Å². The normalized spacial score (nSPS) is 13.3. The van der Waals surface area contributed by atoms with Crippen molar-refractivity contribution in [3.05, 3.63) is 84.4 Å². The predicted molar refractivity (Wildman–Crippen MR) is 107 cm³/mol. The van der Waals surface area contributed by atoms with Gasteiger partial charge in [0.05, 0.1) is 6.04 Å². The maximum atomic E-state index is 12.0. The molecule has 26 heavy (non-hydrogen) atoms. The number of carbonyl (C=O) groups is 1. The minimum absolute atomic E-state index is 0.103. The van der Waals surface area contributed by atoms with E-state index in [0.29, 0.717) is 0 Å². The zero-order valence-corrected chi connectivity index (χ0v) is 15.5. The number of nitrogens with one attached hydrogen (secondary N) is 1. The van der Waals surface area contributed by atoms with Crippen molar-refractivity contribution in [2.45, 2.75) is 44.7 Å². The number of aliphatic carboxylic acids is 1. The third kappa shape index (κ3) is 5.57. The molecule has 0 aliphatic rings. The molecule has 2 aromatic rings. The maximum Gasteiger partial charge on any atom is 0.321 e. The Kier molecular flexibility index (Phi) is 8.10. The van der Waals surface area contributed by atoms with Gasteiger partial charge in [0.2, 0.25) is 0 Å². The highest BCUT2D eigenvalue weighted by molar-refractivity contribution is 5.74. The molecule has 0 amide bonds. The molecular formula is C23H29NO2. The van der Waals surface area contributed by atoms with Gasteiger partial charge in [-0.2, -0.15) is 0 Å². The van der Waals surface area contributed by atoms with Gasteiger partial charge in [0, 0.05) is 5.92 Å². The summed E-state index contributed by atoms with van der Waals surface area (Å²) in [6.45, 7) is 6.04. The second-order valence-electron chi connectivity index (χ2n) is 6.63. The van der Waals surface area contributed by atoms with Crippen molar-refractivity contribution in [2.75, 3.05) is 0 Å². The molecule has 0 aliphatic carbocycles. The Hall–Kier alpha value is -2.39. The van der Waals surface area contributed by atoms with Gasteiger partial charge in [0.15, 0.2) is 0 Å². The van der Waals surface area contributed by atoms with Crippen LogP contribution in [0.1, 0.15) is 49.8 Å². The largest absolute Gasteiger partial charge is 0.480 e. The summed E-state index contributed by atoms with van der Waals surface area (Å²) in [6, 6.07) is 19.1. The van der Waals surface area contributed by atoms with Gasteiger partial charge in [-0.1, -0.05) is 92.9 Å². The highest BCUT2D eigenvalue weighted by atomic mass is 16.4. The van der Waals surface area contributed by atoms with Gasteiger partial charge in [-0.3, -0.25) is 10.1 Å². The van der Waals surface area contributed by atoms with E-state index in [4.69, 9.17) is 0 Å². The quantitative estimate of drug-likeness (QED) is 0.432. The van der Waals surface area contributed by atoms with Crippen molar-refractivity contribution in [1.82, 2.24) is 5.32 Å². The molecule has 0 aliphatic heterocycles. The second kappa shape index (κ2) is 10.6. The molecule has 138 valence electrons. The molecule has 0 spiro atoms. The van der Waals surface area contributed by atoms with Crippen LogP contribution in [0.25, 0.3) is 0 Å². The summed E-state index contributed by atoms with van der Waals surface area (Å²) in [5, 5.41) is 13.3. The van der Waals surface area contributed by atoms with Crippen LogP contribution in [0.15, 0.2) is 73.3 Å². The molecule has 0 bridgehead atoms. The van der Waals surface area contributed by atoms with Gasteiger partial charge in [0.1, 0.15) is 6.04 Å². The lowest BCUT2D eigenvalue weighted by atomic mass is 9.90.